The van der Waals surface area contributed by atoms with Gasteiger partial charge in [-0.1, -0.05) is 28.6 Å². The van der Waals surface area contributed by atoms with Crippen LogP contribution in [0.25, 0.3) is 5.57 Å². The van der Waals surface area contributed by atoms with Crippen molar-refractivity contribution in [3.05, 3.63) is 46.3 Å². The van der Waals surface area contributed by atoms with Crippen LogP contribution in [0.1, 0.15) is 26.3 Å². The quantitative estimate of drug-likeness (QED) is 0.475. The van der Waals surface area contributed by atoms with Gasteiger partial charge in [0.25, 0.3) is 0 Å². The summed E-state index contributed by atoms with van der Waals surface area (Å²) in [7, 11) is 0. The minimum Gasteiger partial charge on any atom is -0.595 e. The molecule has 1 unspecified atom stereocenters. The predicted molar refractivity (Wildman–Crippen MR) is 71.3 cm³/mol. The van der Waals surface area contributed by atoms with E-state index >= 15 is 0 Å². The van der Waals surface area contributed by atoms with Crippen LogP contribution in [-0.4, -0.2) is 16.7 Å². The topological polar surface area (TPSA) is 55.5 Å². The molecule has 96 valence electrons. The predicted octanol–water partition coefficient (Wildman–Crippen LogP) is 3.64. The molecule has 1 atom stereocenters. The van der Waals surface area contributed by atoms with Crippen LogP contribution < -0.4 is 0 Å². The molecular formula is C13H15ClN2O2. The lowest BCUT2D eigenvalue weighted by molar-refractivity contribution is -0.460. The minimum absolute atomic E-state index is 0.145. The minimum atomic E-state index is -0.628. The summed E-state index contributed by atoms with van der Waals surface area (Å²) in [6, 6.07) is 6.50. The van der Waals surface area contributed by atoms with Gasteiger partial charge in [-0.15, -0.1) is 0 Å². The highest BCUT2D eigenvalue weighted by atomic mass is 35.5. The Morgan fingerprint density at radius 3 is 2.44 bits per heavy atom. The molecule has 0 aliphatic carbocycles. The molecule has 1 rings (SSSR count). The molecule has 0 bridgehead atoms. The third-order valence-electron chi connectivity index (χ3n) is 2.48. The summed E-state index contributed by atoms with van der Waals surface area (Å²) in [5.74, 6) is -0.145. The van der Waals surface area contributed by atoms with E-state index in [4.69, 9.17) is 11.6 Å². The summed E-state index contributed by atoms with van der Waals surface area (Å²) in [5, 5.41) is 15.8. The molecule has 1 aromatic rings. The Hall–Kier alpha value is -1.68. The molecule has 0 heterocycles. The van der Waals surface area contributed by atoms with Crippen molar-refractivity contribution >= 4 is 23.0 Å². The fourth-order valence-electron chi connectivity index (χ4n) is 1.24. The smallest absolute Gasteiger partial charge is 0.212 e. The fourth-order valence-corrected chi connectivity index (χ4v) is 1.36. The molecule has 0 aliphatic heterocycles. The normalized spacial score (nSPS) is 14.4. The largest absolute Gasteiger partial charge is 0.595 e. The number of hydroxylamine groups is 1. The van der Waals surface area contributed by atoms with E-state index in [1.807, 2.05) is 12.1 Å². The lowest BCUT2D eigenvalue weighted by atomic mass is 10.1. The third kappa shape index (κ3) is 4.30. The van der Waals surface area contributed by atoms with Gasteiger partial charge in [0.1, 0.15) is 0 Å². The van der Waals surface area contributed by atoms with E-state index in [0.717, 1.165) is 11.1 Å². The van der Waals surface area contributed by atoms with Crippen molar-refractivity contribution in [2.24, 2.45) is 5.11 Å². The summed E-state index contributed by atoms with van der Waals surface area (Å²) in [6.45, 7) is 4.78. The number of azo groups is 1. The second-order valence-electron chi connectivity index (χ2n) is 4.02. The number of hydrogen-bond acceptors (Lipinski definition) is 3. The molecule has 4 nitrogen and oxygen atoms in total. The molecule has 0 N–H and O–H groups in total. The molecule has 1 aromatic carbocycles. The number of hydrogen-bond donors (Lipinski definition) is 0. The fraction of sp³-hybridized carbons (Fsp3) is 0.308. The van der Waals surface area contributed by atoms with E-state index in [9.17, 15) is 10.0 Å². The molecular weight excluding hydrogens is 252 g/mol. The van der Waals surface area contributed by atoms with Crippen molar-refractivity contribution in [1.29, 1.82) is 0 Å². The number of halogens is 1. The van der Waals surface area contributed by atoms with Crippen molar-refractivity contribution in [3.63, 3.8) is 0 Å². The van der Waals surface area contributed by atoms with Gasteiger partial charge in [-0.25, -0.2) is 0 Å². The average molecular weight is 267 g/mol. The van der Waals surface area contributed by atoms with Crippen molar-refractivity contribution in [2.45, 2.75) is 26.8 Å². The number of benzene rings is 1. The molecule has 0 aliphatic rings. The number of nitrogens with zero attached hydrogens (tertiary/aromatic N) is 2. The number of Topliss-reactive ketones (excluding diaryl/α,β-unsaturated/α-hetero) is 1. The van der Waals surface area contributed by atoms with E-state index in [-0.39, 0.29) is 5.78 Å². The zero-order valence-electron chi connectivity index (χ0n) is 10.6. The number of allylic oxidation sites excluding steroid dienone is 1. The lowest BCUT2D eigenvalue weighted by Gasteiger charge is -2.02. The van der Waals surface area contributed by atoms with Crippen LogP contribution in [0.15, 0.2) is 35.6 Å². The van der Waals surface area contributed by atoms with Crippen molar-refractivity contribution in [1.82, 2.24) is 0 Å². The lowest BCUT2D eigenvalue weighted by Crippen LogP contribution is -2.12. The highest BCUT2D eigenvalue weighted by molar-refractivity contribution is 6.30. The first-order chi connectivity index (χ1) is 8.40. The van der Waals surface area contributed by atoms with Crippen LogP contribution in [0.5, 0.6) is 0 Å². The van der Waals surface area contributed by atoms with Crippen LogP contribution in [0.3, 0.4) is 0 Å². The monoisotopic (exact) mass is 266 g/mol. The van der Waals surface area contributed by atoms with E-state index in [1.165, 1.54) is 13.1 Å². The van der Waals surface area contributed by atoms with Gasteiger partial charge in [-0.3, -0.25) is 4.79 Å². The molecule has 0 aromatic heterocycles. The van der Waals surface area contributed by atoms with E-state index < -0.39 is 6.04 Å². The van der Waals surface area contributed by atoms with Crippen LogP contribution in [-0.2, 0) is 4.79 Å². The molecule has 0 saturated heterocycles. The summed E-state index contributed by atoms with van der Waals surface area (Å²) < 4.78 is 0. The molecule has 0 radical (unpaired) electrons. The number of carbonyl (C=O) groups excluding carboxylic acids is 1. The van der Waals surface area contributed by atoms with Gasteiger partial charge in [0, 0.05) is 10.6 Å². The number of rotatable bonds is 4. The van der Waals surface area contributed by atoms with E-state index in [1.54, 1.807) is 26.0 Å². The Morgan fingerprint density at radius 2 is 1.94 bits per heavy atom. The third-order valence-corrected chi connectivity index (χ3v) is 2.73. The summed E-state index contributed by atoms with van der Waals surface area (Å²) >= 11 is 5.78. The van der Waals surface area contributed by atoms with Crippen LogP contribution in [0.4, 0.5) is 0 Å². The van der Waals surface area contributed by atoms with Crippen molar-refractivity contribution in [2.75, 3.05) is 0 Å². The average Bonchev–Trinajstić information content (AvgIpc) is 2.29. The van der Waals surface area contributed by atoms with Gasteiger partial charge >= 0.3 is 0 Å². The molecule has 18 heavy (non-hydrogen) atoms. The van der Waals surface area contributed by atoms with Crippen LogP contribution >= 0.6 is 11.6 Å². The van der Waals surface area contributed by atoms with Crippen LogP contribution in [0, 0.1) is 5.21 Å². The first-order valence-electron chi connectivity index (χ1n) is 5.52. The molecule has 0 fully saturated rings. The zero-order valence-corrected chi connectivity index (χ0v) is 11.3. The Kier molecular flexibility index (Phi) is 5.04. The Morgan fingerprint density at radius 1 is 1.39 bits per heavy atom. The Bertz CT molecular complexity index is 492. The van der Waals surface area contributed by atoms with E-state index in [2.05, 4.69) is 5.11 Å². The zero-order chi connectivity index (χ0) is 13.7. The Balaban J connectivity index is 2.89. The molecule has 0 spiro atoms. The van der Waals surface area contributed by atoms with Gasteiger partial charge in [0.2, 0.25) is 6.20 Å². The summed E-state index contributed by atoms with van der Waals surface area (Å²) in [4.78, 5) is 11.4. The maximum Gasteiger partial charge on any atom is 0.212 e. The van der Waals surface area contributed by atoms with Crippen LogP contribution in [0.2, 0.25) is 5.02 Å². The molecule has 5 heteroatoms. The summed E-state index contributed by atoms with van der Waals surface area (Å²) in [5.41, 5.74) is 1.63. The maximum absolute atomic E-state index is 11.5. The van der Waals surface area contributed by atoms with Crippen molar-refractivity contribution < 1.29 is 9.66 Å². The Labute approximate surface area is 111 Å². The number of ketones is 1. The van der Waals surface area contributed by atoms with Gasteiger partial charge in [-0.05, 0) is 43.6 Å². The van der Waals surface area contributed by atoms with Gasteiger partial charge < -0.3 is 5.21 Å². The van der Waals surface area contributed by atoms with E-state index in [0.29, 0.717) is 9.88 Å². The summed E-state index contributed by atoms with van der Waals surface area (Å²) in [6.07, 6.45) is 1.34. The van der Waals surface area contributed by atoms with Gasteiger partial charge in [0.05, 0.1) is 0 Å². The van der Waals surface area contributed by atoms with Gasteiger partial charge in [-0.2, -0.15) is 0 Å². The molecule has 0 saturated carbocycles. The highest BCUT2D eigenvalue weighted by Crippen LogP contribution is 2.16. The second kappa shape index (κ2) is 6.31. The first-order valence-corrected chi connectivity index (χ1v) is 5.90. The highest BCUT2D eigenvalue weighted by Gasteiger charge is 2.09. The SMILES string of the molecule is CC(=O)C(C)N=[N+]([O-])/C=C(\C)c1ccc(Cl)cc1. The van der Waals surface area contributed by atoms with Crippen molar-refractivity contribution in [3.8, 4) is 0 Å². The second-order valence-corrected chi connectivity index (χ2v) is 4.46. The number of carbonyl (C=O) groups is 1. The van der Waals surface area contributed by atoms with Gasteiger partial charge in [0.15, 0.2) is 11.8 Å². The first kappa shape index (κ1) is 14.4. The standard InChI is InChI=1S/C13H15ClN2O2/c1-9(12-4-6-13(14)7-5-12)8-16(18)15-10(2)11(3)17/h4-8,10H,1-3H3/b9-8+,16-15?. The molecule has 0 amide bonds. The maximum atomic E-state index is 11.5.